The molecule has 3 rings (SSSR count). The fourth-order valence-corrected chi connectivity index (χ4v) is 3.12. The van der Waals surface area contributed by atoms with Gasteiger partial charge in [-0.15, -0.1) is 12.4 Å². The normalized spacial score (nSPS) is 17.0. The zero-order valence-electron chi connectivity index (χ0n) is 15.9. The van der Waals surface area contributed by atoms with Crippen molar-refractivity contribution in [2.75, 3.05) is 25.0 Å². The number of halogens is 1. The molecule has 0 fully saturated rings. The molecule has 118 valence electrons. The molecule has 1 N–H and O–H groups in total. The Hall–Kier alpha value is -1.51. The van der Waals surface area contributed by atoms with Gasteiger partial charge in [0.15, 0.2) is 0 Å². The SMILES string of the molecule is Cl.[2H]C([2H])([2H])NCC(C)CN1c2ccccc2CCc2ccccc21. The smallest absolute Gasteiger partial charge is 0.0443 e. The van der Waals surface area contributed by atoms with Crippen LogP contribution in [0.3, 0.4) is 0 Å². The average molecular weight is 320 g/mol. The molecule has 0 amide bonds. The van der Waals surface area contributed by atoms with Gasteiger partial charge >= 0.3 is 0 Å². The van der Waals surface area contributed by atoms with Crippen LogP contribution < -0.4 is 10.2 Å². The minimum atomic E-state index is -2.08. The van der Waals surface area contributed by atoms with Gasteiger partial charge in [-0.05, 0) is 55.5 Å². The number of anilines is 2. The third kappa shape index (κ3) is 3.45. The fourth-order valence-electron chi connectivity index (χ4n) is 3.12. The van der Waals surface area contributed by atoms with Crippen LogP contribution in [0.1, 0.15) is 22.2 Å². The van der Waals surface area contributed by atoms with Crippen molar-refractivity contribution in [3.05, 3.63) is 59.7 Å². The van der Waals surface area contributed by atoms with Gasteiger partial charge in [0.1, 0.15) is 0 Å². The van der Waals surface area contributed by atoms with Crippen molar-refractivity contribution < 1.29 is 4.11 Å². The highest BCUT2D eigenvalue weighted by atomic mass is 35.5. The Balaban J connectivity index is 0.00000225. The van der Waals surface area contributed by atoms with Crippen LogP contribution in [0.15, 0.2) is 48.5 Å². The molecule has 0 aromatic heterocycles. The van der Waals surface area contributed by atoms with Crippen molar-refractivity contribution in [3.63, 3.8) is 0 Å². The van der Waals surface area contributed by atoms with Crippen LogP contribution in [0, 0.1) is 5.92 Å². The van der Waals surface area contributed by atoms with Gasteiger partial charge < -0.3 is 10.2 Å². The predicted octanol–water partition coefficient (Wildman–Crippen LogP) is 4.20. The topological polar surface area (TPSA) is 15.3 Å². The number of nitrogens with one attached hydrogen (secondary N) is 1. The second-order valence-corrected chi connectivity index (χ2v) is 5.85. The number of nitrogens with zero attached hydrogens (tertiary/aromatic N) is 1. The second-order valence-electron chi connectivity index (χ2n) is 5.85. The number of rotatable bonds is 4. The molecule has 2 aromatic carbocycles. The van der Waals surface area contributed by atoms with Gasteiger partial charge in [0.05, 0.1) is 0 Å². The summed E-state index contributed by atoms with van der Waals surface area (Å²) < 4.78 is 22.0. The zero-order chi connectivity index (χ0) is 17.2. The van der Waals surface area contributed by atoms with Gasteiger partial charge in [0.2, 0.25) is 0 Å². The summed E-state index contributed by atoms with van der Waals surface area (Å²) in [5, 5.41) is 2.65. The van der Waals surface area contributed by atoms with Gasteiger partial charge in [0, 0.05) is 22.0 Å². The first-order chi connectivity index (χ1) is 11.4. The monoisotopic (exact) mass is 319 g/mol. The third-order valence-electron chi connectivity index (χ3n) is 4.17. The maximum atomic E-state index is 7.32. The number of benzene rings is 2. The molecule has 2 nitrogen and oxygen atoms in total. The maximum Gasteiger partial charge on any atom is 0.0443 e. The lowest BCUT2D eigenvalue weighted by Gasteiger charge is -2.29. The predicted molar refractivity (Wildman–Crippen MR) is 97.6 cm³/mol. The summed E-state index contributed by atoms with van der Waals surface area (Å²) in [6.07, 6.45) is 2.07. The fraction of sp³-hybridized carbons (Fsp3) is 0.368. The third-order valence-corrected chi connectivity index (χ3v) is 4.17. The lowest BCUT2D eigenvalue weighted by Crippen LogP contribution is -2.29. The van der Waals surface area contributed by atoms with Crippen molar-refractivity contribution in [3.8, 4) is 0 Å². The first-order valence-electron chi connectivity index (χ1n) is 9.12. The van der Waals surface area contributed by atoms with Gasteiger partial charge in [0.25, 0.3) is 0 Å². The lowest BCUT2D eigenvalue weighted by molar-refractivity contribution is 0.549. The van der Waals surface area contributed by atoms with E-state index in [0.29, 0.717) is 6.54 Å². The molecule has 1 unspecified atom stereocenters. The first kappa shape index (κ1) is 13.0. The molecule has 0 saturated carbocycles. The van der Waals surface area contributed by atoms with Gasteiger partial charge in [-0.2, -0.15) is 0 Å². The minimum Gasteiger partial charge on any atom is -0.341 e. The molecule has 1 atom stereocenters. The van der Waals surface area contributed by atoms with E-state index in [0.717, 1.165) is 19.4 Å². The highest BCUT2D eigenvalue weighted by Gasteiger charge is 2.21. The molecule has 2 aromatic rings. The van der Waals surface area contributed by atoms with E-state index in [1.54, 1.807) is 0 Å². The summed E-state index contributed by atoms with van der Waals surface area (Å²) >= 11 is 0. The number of para-hydroxylation sites is 2. The number of fused-ring (bicyclic) bond motifs is 2. The molecule has 1 heterocycles. The molecule has 0 aliphatic carbocycles. The number of aryl methyl sites for hydroxylation is 2. The molecule has 3 heteroatoms. The van der Waals surface area contributed by atoms with Crippen molar-refractivity contribution in [2.45, 2.75) is 19.8 Å². The van der Waals surface area contributed by atoms with Gasteiger partial charge in [-0.3, -0.25) is 0 Å². The Bertz CT molecular complexity index is 656. The molecule has 0 bridgehead atoms. The number of hydrogen-bond donors (Lipinski definition) is 1. The standard InChI is InChI=1S/C19H24N2.ClH/c1-15(13-20-2)14-21-18-9-5-3-7-16(18)11-12-17-8-4-6-10-19(17)21;/h3-10,15,20H,11-14H2,1-2H3;1H/i2D3;. The maximum absolute atomic E-state index is 7.32. The molecule has 0 saturated heterocycles. The van der Waals surface area contributed by atoms with Gasteiger partial charge in [-0.1, -0.05) is 43.3 Å². The average Bonchev–Trinajstić information content (AvgIpc) is 2.71. The summed E-state index contributed by atoms with van der Waals surface area (Å²) in [4.78, 5) is 2.35. The first-order valence-corrected chi connectivity index (χ1v) is 7.62. The molecular formula is C19H25ClN2. The molecule has 0 radical (unpaired) electrons. The summed E-state index contributed by atoms with van der Waals surface area (Å²) in [6, 6.07) is 17.1. The van der Waals surface area contributed by atoms with Crippen LogP contribution in [0.4, 0.5) is 11.4 Å². The van der Waals surface area contributed by atoms with Crippen LogP contribution in [0.25, 0.3) is 0 Å². The number of hydrogen-bond acceptors (Lipinski definition) is 2. The summed E-state index contributed by atoms with van der Waals surface area (Å²) in [6.45, 7) is 1.27. The molecule has 1 aliphatic heterocycles. The van der Waals surface area contributed by atoms with Gasteiger partial charge in [-0.25, -0.2) is 0 Å². The largest absolute Gasteiger partial charge is 0.341 e. The molecular weight excluding hydrogens is 292 g/mol. The Kier molecular flexibility index (Phi) is 4.52. The Morgan fingerprint density at radius 2 is 1.59 bits per heavy atom. The highest BCUT2D eigenvalue weighted by Crippen LogP contribution is 2.36. The van der Waals surface area contributed by atoms with E-state index in [1.165, 1.54) is 22.5 Å². The molecule has 0 spiro atoms. The van der Waals surface area contributed by atoms with E-state index in [1.807, 2.05) is 0 Å². The highest BCUT2D eigenvalue weighted by molar-refractivity contribution is 5.85. The van der Waals surface area contributed by atoms with E-state index in [2.05, 4.69) is 65.7 Å². The zero-order valence-corrected chi connectivity index (χ0v) is 13.7. The van der Waals surface area contributed by atoms with Crippen molar-refractivity contribution in [1.82, 2.24) is 5.32 Å². The van der Waals surface area contributed by atoms with Crippen molar-refractivity contribution in [1.29, 1.82) is 0 Å². The van der Waals surface area contributed by atoms with E-state index < -0.39 is 6.98 Å². The summed E-state index contributed by atoms with van der Waals surface area (Å²) in [7, 11) is 0. The second kappa shape index (κ2) is 7.66. The van der Waals surface area contributed by atoms with Crippen LogP contribution in [0.2, 0.25) is 0 Å². The minimum absolute atomic E-state index is 0. The van der Waals surface area contributed by atoms with Crippen LogP contribution >= 0.6 is 12.4 Å². The quantitative estimate of drug-likeness (QED) is 0.908. The summed E-state index contributed by atoms with van der Waals surface area (Å²) in [5.41, 5.74) is 5.18. The lowest BCUT2D eigenvalue weighted by atomic mass is 10.0. The Morgan fingerprint density at radius 1 is 1.05 bits per heavy atom. The van der Waals surface area contributed by atoms with E-state index in [4.69, 9.17) is 4.11 Å². The van der Waals surface area contributed by atoms with Crippen LogP contribution in [-0.4, -0.2) is 20.1 Å². The summed E-state index contributed by atoms with van der Waals surface area (Å²) in [5.74, 6) is 0.213. The van der Waals surface area contributed by atoms with Crippen molar-refractivity contribution >= 4 is 23.8 Å². The van der Waals surface area contributed by atoms with Crippen molar-refractivity contribution in [2.24, 2.45) is 5.92 Å². The van der Waals surface area contributed by atoms with E-state index in [9.17, 15) is 0 Å². The Labute approximate surface area is 144 Å². The molecule has 22 heavy (non-hydrogen) atoms. The van der Waals surface area contributed by atoms with Crippen LogP contribution in [0.5, 0.6) is 0 Å². The van der Waals surface area contributed by atoms with E-state index >= 15 is 0 Å². The van der Waals surface area contributed by atoms with E-state index in [-0.39, 0.29) is 18.3 Å². The van der Waals surface area contributed by atoms with Crippen LogP contribution in [-0.2, 0) is 12.8 Å². The molecule has 1 aliphatic rings. The Morgan fingerprint density at radius 3 is 2.14 bits per heavy atom.